The van der Waals surface area contributed by atoms with E-state index in [1.54, 1.807) is 6.07 Å². The van der Waals surface area contributed by atoms with Gasteiger partial charge < -0.3 is 4.74 Å². The minimum absolute atomic E-state index is 0.0337. The van der Waals surface area contributed by atoms with Gasteiger partial charge in [0.2, 0.25) is 0 Å². The van der Waals surface area contributed by atoms with Crippen LogP contribution in [-0.4, -0.2) is 12.6 Å². The third kappa shape index (κ3) is 3.30. The molecule has 0 aliphatic rings. The molecule has 1 aromatic carbocycles. The minimum Gasteiger partial charge on any atom is -0.462 e. The predicted molar refractivity (Wildman–Crippen MR) is 59.3 cm³/mol. The smallest absolute Gasteiger partial charge is 0.342 e. The van der Waals surface area contributed by atoms with Gasteiger partial charge in [-0.3, -0.25) is 0 Å². The van der Waals surface area contributed by atoms with Crippen molar-refractivity contribution in [2.75, 3.05) is 6.61 Å². The van der Waals surface area contributed by atoms with E-state index in [-0.39, 0.29) is 5.56 Å². The highest BCUT2D eigenvalue weighted by Gasteiger charge is 2.16. The van der Waals surface area contributed by atoms with Crippen LogP contribution in [0.15, 0.2) is 22.7 Å². The second-order valence-corrected chi connectivity index (χ2v) is 3.94. The molecular weight excluding hydrogens is 263 g/mol. The first-order chi connectivity index (χ1) is 7.16. The van der Waals surface area contributed by atoms with Crippen LogP contribution in [0.25, 0.3) is 0 Å². The molecule has 0 aromatic heterocycles. The number of halogens is 2. The summed E-state index contributed by atoms with van der Waals surface area (Å²) >= 11 is 3.12. The molecule has 0 N–H and O–H groups in total. The Balaban J connectivity index is 2.73. The molecule has 0 radical (unpaired) electrons. The number of rotatable bonds is 4. The molecule has 0 amide bonds. The van der Waals surface area contributed by atoms with Crippen molar-refractivity contribution in [1.82, 2.24) is 0 Å². The van der Waals surface area contributed by atoms with E-state index in [2.05, 4.69) is 15.9 Å². The van der Waals surface area contributed by atoms with E-state index in [0.29, 0.717) is 11.1 Å². The zero-order valence-electron chi connectivity index (χ0n) is 8.43. The van der Waals surface area contributed by atoms with Crippen LogP contribution in [0.4, 0.5) is 4.39 Å². The molecule has 0 aliphatic carbocycles. The summed E-state index contributed by atoms with van der Waals surface area (Å²) in [6.45, 7) is 2.32. The Morgan fingerprint density at radius 2 is 2.27 bits per heavy atom. The van der Waals surface area contributed by atoms with Crippen LogP contribution in [0.3, 0.4) is 0 Å². The topological polar surface area (TPSA) is 26.3 Å². The molecule has 0 heterocycles. The lowest BCUT2D eigenvalue weighted by Gasteiger charge is -2.06. The van der Waals surface area contributed by atoms with E-state index >= 15 is 0 Å². The van der Waals surface area contributed by atoms with E-state index in [1.807, 2.05) is 6.92 Å². The van der Waals surface area contributed by atoms with Gasteiger partial charge in [0.05, 0.1) is 6.61 Å². The quantitative estimate of drug-likeness (QED) is 0.620. The van der Waals surface area contributed by atoms with E-state index in [0.717, 1.165) is 12.8 Å². The summed E-state index contributed by atoms with van der Waals surface area (Å²) in [5.41, 5.74) is -0.0337. The van der Waals surface area contributed by atoms with Crippen molar-refractivity contribution in [3.05, 3.63) is 34.1 Å². The van der Waals surface area contributed by atoms with Gasteiger partial charge in [0.15, 0.2) is 0 Å². The Morgan fingerprint density at radius 3 is 2.87 bits per heavy atom. The molecule has 4 heteroatoms. The molecule has 0 spiro atoms. The number of esters is 1. The fraction of sp³-hybridized carbons (Fsp3) is 0.364. The maximum Gasteiger partial charge on any atom is 0.342 e. The summed E-state index contributed by atoms with van der Waals surface area (Å²) in [5, 5.41) is 0. The average molecular weight is 275 g/mol. The molecule has 1 rings (SSSR count). The molecule has 15 heavy (non-hydrogen) atoms. The Labute approximate surface area is 96.6 Å². The van der Waals surface area contributed by atoms with Crippen LogP contribution in [0.1, 0.15) is 30.1 Å². The number of carbonyl (C=O) groups is 1. The molecule has 0 saturated heterocycles. The molecule has 1 aromatic rings. The normalized spacial score (nSPS) is 10.1. The second-order valence-electron chi connectivity index (χ2n) is 3.09. The summed E-state index contributed by atoms with van der Waals surface area (Å²) < 4.78 is 18.6. The highest BCUT2D eigenvalue weighted by molar-refractivity contribution is 9.10. The van der Waals surface area contributed by atoms with Crippen LogP contribution >= 0.6 is 15.9 Å². The zero-order valence-corrected chi connectivity index (χ0v) is 10.0. The summed E-state index contributed by atoms with van der Waals surface area (Å²) in [4.78, 5) is 11.5. The minimum atomic E-state index is -0.617. The van der Waals surface area contributed by atoms with Crippen LogP contribution in [0.2, 0.25) is 0 Å². The van der Waals surface area contributed by atoms with Crippen molar-refractivity contribution in [3.8, 4) is 0 Å². The number of unbranched alkanes of at least 4 members (excludes halogenated alkanes) is 1. The molecule has 0 bridgehead atoms. The van der Waals surface area contributed by atoms with Gasteiger partial charge in [0.25, 0.3) is 0 Å². The third-order valence-electron chi connectivity index (χ3n) is 1.90. The van der Waals surface area contributed by atoms with Crippen molar-refractivity contribution in [2.45, 2.75) is 19.8 Å². The molecule has 0 atom stereocenters. The lowest BCUT2D eigenvalue weighted by atomic mass is 10.2. The fourth-order valence-electron chi connectivity index (χ4n) is 1.07. The van der Waals surface area contributed by atoms with Gasteiger partial charge in [-0.25, -0.2) is 9.18 Å². The van der Waals surface area contributed by atoms with Crippen molar-refractivity contribution >= 4 is 21.9 Å². The van der Waals surface area contributed by atoms with Gasteiger partial charge in [-0.1, -0.05) is 19.4 Å². The second kappa shape index (κ2) is 5.85. The number of hydrogen-bond donors (Lipinski definition) is 0. The van der Waals surface area contributed by atoms with Crippen LogP contribution in [-0.2, 0) is 4.74 Å². The number of carbonyl (C=O) groups excluding carboxylic acids is 1. The summed E-state index contributed by atoms with van der Waals surface area (Å²) in [5.74, 6) is -1.18. The highest BCUT2D eigenvalue weighted by Crippen LogP contribution is 2.20. The van der Waals surface area contributed by atoms with E-state index in [4.69, 9.17) is 4.74 Å². The zero-order chi connectivity index (χ0) is 11.3. The lowest BCUT2D eigenvalue weighted by molar-refractivity contribution is 0.0493. The van der Waals surface area contributed by atoms with Gasteiger partial charge in [0.1, 0.15) is 11.4 Å². The molecule has 2 nitrogen and oxygen atoms in total. The van der Waals surface area contributed by atoms with E-state index in [9.17, 15) is 9.18 Å². The summed E-state index contributed by atoms with van der Waals surface area (Å²) in [6, 6.07) is 4.38. The Hall–Kier alpha value is -0.900. The highest BCUT2D eigenvalue weighted by atomic mass is 79.9. The van der Waals surface area contributed by atoms with Crippen molar-refractivity contribution < 1.29 is 13.9 Å². The maximum absolute atomic E-state index is 13.3. The van der Waals surface area contributed by atoms with Crippen molar-refractivity contribution in [3.63, 3.8) is 0 Å². The maximum atomic E-state index is 13.3. The van der Waals surface area contributed by atoms with Crippen LogP contribution in [0.5, 0.6) is 0 Å². The first-order valence-electron chi connectivity index (χ1n) is 4.78. The van der Waals surface area contributed by atoms with Gasteiger partial charge in [-0.05, 0) is 34.5 Å². The molecule has 0 fully saturated rings. The largest absolute Gasteiger partial charge is 0.462 e. The number of benzene rings is 1. The number of hydrogen-bond acceptors (Lipinski definition) is 2. The van der Waals surface area contributed by atoms with Gasteiger partial charge >= 0.3 is 5.97 Å². The molecule has 82 valence electrons. The third-order valence-corrected chi connectivity index (χ3v) is 2.56. The fourth-order valence-corrected chi connectivity index (χ4v) is 1.58. The molecule has 0 unspecified atom stereocenters. The first-order valence-corrected chi connectivity index (χ1v) is 5.57. The summed E-state index contributed by atoms with van der Waals surface area (Å²) in [7, 11) is 0. The average Bonchev–Trinajstić information content (AvgIpc) is 2.18. The molecular formula is C11H12BrFO2. The van der Waals surface area contributed by atoms with Gasteiger partial charge in [0, 0.05) is 4.47 Å². The predicted octanol–water partition coefficient (Wildman–Crippen LogP) is 3.55. The summed E-state index contributed by atoms with van der Waals surface area (Å²) in [6.07, 6.45) is 1.73. The molecule has 0 aliphatic heterocycles. The number of ether oxygens (including phenoxy) is 1. The van der Waals surface area contributed by atoms with Gasteiger partial charge in [-0.2, -0.15) is 0 Å². The molecule has 0 saturated carbocycles. The van der Waals surface area contributed by atoms with Crippen LogP contribution < -0.4 is 0 Å². The van der Waals surface area contributed by atoms with Crippen molar-refractivity contribution in [2.24, 2.45) is 0 Å². The van der Waals surface area contributed by atoms with Crippen molar-refractivity contribution in [1.29, 1.82) is 0 Å². The Kier molecular flexibility index (Phi) is 4.75. The van der Waals surface area contributed by atoms with E-state index in [1.165, 1.54) is 12.1 Å². The van der Waals surface area contributed by atoms with Crippen LogP contribution in [0, 0.1) is 5.82 Å². The Morgan fingerprint density at radius 1 is 1.53 bits per heavy atom. The monoisotopic (exact) mass is 274 g/mol. The SMILES string of the molecule is CCCCOC(=O)c1c(F)cccc1Br. The lowest BCUT2D eigenvalue weighted by Crippen LogP contribution is -2.09. The first kappa shape index (κ1) is 12.2. The van der Waals surface area contributed by atoms with E-state index < -0.39 is 11.8 Å². The Bertz CT molecular complexity index is 332. The standard InChI is InChI=1S/C11H12BrFO2/c1-2-3-7-15-11(14)10-8(12)5-4-6-9(10)13/h4-6H,2-3,7H2,1H3. The van der Waals surface area contributed by atoms with Gasteiger partial charge in [-0.15, -0.1) is 0 Å².